The van der Waals surface area contributed by atoms with Gasteiger partial charge in [0, 0.05) is 3.81 Å². The largest absolute Gasteiger partial charge is 0.0879 e. The minimum atomic E-state index is 0.984. The molecule has 0 amide bonds. The lowest BCUT2D eigenvalue weighted by molar-refractivity contribution is 1.19. The maximum atomic E-state index is 3.73. The van der Waals surface area contributed by atoms with Gasteiger partial charge in [0.2, 0.25) is 0 Å². The zero-order valence-corrected chi connectivity index (χ0v) is 8.18. The van der Waals surface area contributed by atoms with Gasteiger partial charge < -0.3 is 0 Å². The molecule has 9 heavy (non-hydrogen) atoms. The van der Waals surface area contributed by atoms with Gasteiger partial charge in [-0.25, -0.2) is 0 Å². The highest BCUT2D eigenvalue weighted by Gasteiger charge is 1.92. The molecule has 0 unspecified atom stereocenters. The van der Waals surface area contributed by atoms with Crippen molar-refractivity contribution in [3.8, 4) is 0 Å². The summed E-state index contributed by atoms with van der Waals surface area (Å²) in [5, 5.41) is 0. The Morgan fingerprint density at radius 1 is 1.78 bits per heavy atom. The zero-order chi connectivity index (χ0) is 7.28. The van der Waals surface area contributed by atoms with Crippen LogP contribution in [0.3, 0.4) is 0 Å². The second-order valence-corrected chi connectivity index (χ2v) is 4.27. The van der Waals surface area contributed by atoms with Crippen molar-refractivity contribution in [2.24, 2.45) is 0 Å². The molecule has 0 bridgehead atoms. The van der Waals surface area contributed by atoms with E-state index in [4.69, 9.17) is 0 Å². The molecule has 0 aromatic rings. The van der Waals surface area contributed by atoms with Gasteiger partial charge in [-0.15, -0.1) is 0 Å². The lowest BCUT2D eigenvalue weighted by Crippen LogP contribution is -1.68. The second-order valence-electron chi connectivity index (χ2n) is 1.57. The first-order valence-corrected chi connectivity index (χ1v) is 4.49. The molecule has 2 heteroatoms. The van der Waals surface area contributed by atoms with Gasteiger partial charge in [-0.3, -0.25) is 0 Å². The standard InChI is InChI=1S/C7H11BrS/c1-4-7(5-2)9-6(3)8/h4H,3,5H2,1-2H3/b7-4-. The molecule has 0 rings (SSSR count). The van der Waals surface area contributed by atoms with Crippen LogP contribution in [0, 0.1) is 0 Å². The van der Waals surface area contributed by atoms with E-state index in [0.717, 1.165) is 10.2 Å². The first-order chi connectivity index (χ1) is 4.20. The van der Waals surface area contributed by atoms with E-state index < -0.39 is 0 Å². The van der Waals surface area contributed by atoms with Crippen LogP contribution in [0.2, 0.25) is 0 Å². The van der Waals surface area contributed by atoms with Gasteiger partial charge in [0.1, 0.15) is 0 Å². The monoisotopic (exact) mass is 206 g/mol. The fourth-order valence-corrected chi connectivity index (χ4v) is 1.65. The summed E-state index contributed by atoms with van der Waals surface area (Å²) in [4.78, 5) is 1.36. The molecule has 52 valence electrons. The predicted molar refractivity (Wildman–Crippen MR) is 49.7 cm³/mol. The van der Waals surface area contributed by atoms with Crippen LogP contribution in [0.1, 0.15) is 20.3 Å². The molecule has 0 aromatic heterocycles. The maximum Gasteiger partial charge on any atom is 0.0476 e. The Kier molecular flexibility index (Phi) is 5.30. The molecule has 0 aliphatic heterocycles. The van der Waals surface area contributed by atoms with Gasteiger partial charge in [-0.2, -0.15) is 0 Å². The average molecular weight is 207 g/mol. The predicted octanol–water partition coefficient (Wildman–Crippen LogP) is 3.90. The summed E-state index contributed by atoms with van der Waals surface area (Å²) >= 11 is 4.97. The number of hydrogen-bond donors (Lipinski definition) is 0. The van der Waals surface area contributed by atoms with Gasteiger partial charge in [-0.05, 0) is 34.2 Å². The molecule has 0 saturated carbocycles. The van der Waals surface area contributed by atoms with E-state index in [0.29, 0.717) is 0 Å². The zero-order valence-electron chi connectivity index (χ0n) is 5.78. The summed E-state index contributed by atoms with van der Waals surface area (Å²) in [7, 11) is 0. The van der Waals surface area contributed by atoms with Crippen molar-refractivity contribution in [1.82, 2.24) is 0 Å². The smallest absolute Gasteiger partial charge is 0.0476 e. The molecule has 0 aromatic carbocycles. The molecule has 0 atom stereocenters. The van der Waals surface area contributed by atoms with Crippen LogP contribution in [0.25, 0.3) is 0 Å². The number of thioether (sulfide) groups is 1. The quantitative estimate of drug-likeness (QED) is 0.676. The number of hydrogen-bond acceptors (Lipinski definition) is 1. The fraction of sp³-hybridized carbons (Fsp3) is 0.429. The maximum absolute atomic E-state index is 3.73. The first-order valence-electron chi connectivity index (χ1n) is 2.88. The van der Waals surface area contributed by atoms with E-state index in [1.807, 2.05) is 6.92 Å². The van der Waals surface area contributed by atoms with Gasteiger partial charge in [0.15, 0.2) is 0 Å². The summed E-state index contributed by atoms with van der Waals surface area (Å²) < 4.78 is 0.984. The highest BCUT2D eigenvalue weighted by Crippen LogP contribution is 2.29. The van der Waals surface area contributed by atoms with E-state index >= 15 is 0 Å². The average Bonchev–Trinajstić information content (AvgIpc) is 1.82. The molecule has 0 nitrogen and oxygen atoms in total. The minimum absolute atomic E-state index is 0.984. The van der Waals surface area contributed by atoms with E-state index in [1.165, 1.54) is 4.91 Å². The molecular weight excluding hydrogens is 196 g/mol. The second kappa shape index (κ2) is 5.12. The van der Waals surface area contributed by atoms with Crippen LogP contribution < -0.4 is 0 Å². The Bertz CT molecular complexity index is 127. The molecule has 0 N–H and O–H groups in total. The third kappa shape index (κ3) is 4.79. The molecule has 0 radical (unpaired) electrons. The van der Waals surface area contributed by atoms with Crippen molar-refractivity contribution in [2.75, 3.05) is 0 Å². The first kappa shape index (κ1) is 9.31. The highest BCUT2D eigenvalue weighted by atomic mass is 79.9. The van der Waals surface area contributed by atoms with Gasteiger partial charge >= 0.3 is 0 Å². The van der Waals surface area contributed by atoms with E-state index in [-0.39, 0.29) is 0 Å². The topological polar surface area (TPSA) is 0 Å². The molecule has 0 fully saturated rings. The number of rotatable bonds is 3. The summed E-state index contributed by atoms with van der Waals surface area (Å²) in [6.45, 7) is 7.91. The van der Waals surface area contributed by atoms with Crippen LogP contribution >= 0.6 is 27.7 Å². The van der Waals surface area contributed by atoms with Crippen molar-refractivity contribution in [2.45, 2.75) is 20.3 Å². The third-order valence-electron chi connectivity index (χ3n) is 0.912. The van der Waals surface area contributed by atoms with Gasteiger partial charge in [0.25, 0.3) is 0 Å². The molecule has 0 aliphatic rings. The van der Waals surface area contributed by atoms with E-state index in [1.54, 1.807) is 11.8 Å². The SMILES string of the molecule is C=C(Br)S/C(=C\C)CC. The normalized spacial score (nSPS) is 11.7. The summed E-state index contributed by atoms with van der Waals surface area (Å²) in [5.41, 5.74) is 0. The molecule has 0 aliphatic carbocycles. The van der Waals surface area contributed by atoms with Crippen LogP contribution in [0.4, 0.5) is 0 Å². The van der Waals surface area contributed by atoms with Crippen molar-refractivity contribution in [3.05, 3.63) is 21.4 Å². The van der Waals surface area contributed by atoms with Crippen LogP contribution in [-0.4, -0.2) is 0 Å². The Labute approximate surface area is 69.5 Å². The summed E-state index contributed by atoms with van der Waals surface area (Å²) in [6.07, 6.45) is 3.20. The summed E-state index contributed by atoms with van der Waals surface area (Å²) in [6, 6.07) is 0. The molecular formula is C7H11BrS. The van der Waals surface area contributed by atoms with E-state index in [9.17, 15) is 0 Å². The van der Waals surface area contributed by atoms with Gasteiger partial charge in [-0.1, -0.05) is 31.3 Å². The van der Waals surface area contributed by atoms with Crippen molar-refractivity contribution >= 4 is 27.7 Å². The Morgan fingerprint density at radius 3 is 2.44 bits per heavy atom. The van der Waals surface area contributed by atoms with Gasteiger partial charge in [0.05, 0.1) is 0 Å². The molecule has 0 spiro atoms. The van der Waals surface area contributed by atoms with Crippen LogP contribution in [0.5, 0.6) is 0 Å². The van der Waals surface area contributed by atoms with Crippen LogP contribution in [-0.2, 0) is 0 Å². The number of halogens is 1. The lowest BCUT2D eigenvalue weighted by atomic mass is 10.4. The third-order valence-corrected chi connectivity index (χ3v) is 2.41. The van der Waals surface area contributed by atoms with Crippen molar-refractivity contribution < 1.29 is 0 Å². The number of allylic oxidation sites excluding steroid dienone is 2. The fourth-order valence-electron chi connectivity index (χ4n) is 0.477. The highest BCUT2D eigenvalue weighted by molar-refractivity contribution is 9.14. The Hall–Kier alpha value is 0.310. The Balaban J connectivity index is 3.71. The lowest BCUT2D eigenvalue weighted by Gasteiger charge is -1.98. The van der Waals surface area contributed by atoms with Crippen molar-refractivity contribution in [1.29, 1.82) is 0 Å². The molecule has 0 saturated heterocycles. The van der Waals surface area contributed by atoms with E-state index in [2.05, 4.69) is 35.5 Å². The minimum Gasteiger partial charge on any atom is -0.0879 e. The van der Waals surface area contributed by atoms with Crippen molar-refractivity contribution in [3.63, 3.8) is 0 Å². The summed E-state index contributed by atoms with van der Waals surface area (Å²) in [5.74, 6) is 0. The Morgan fingerprint density at radius 2 is 2.33 bits per heavy atom. The van der Waals surface area contributed by atoms with Crippen LogP contribution in [0.15, 0.2) is 21.4 Å². The molecule has 0 heterocycles.